The van der Waals surface area contributed by atoms with E-state index in [1.807, 2.05) is 13.1 Å². The van der Waals surface area contributed by atoms with Crippen LogP contribution in [0, 0.1) is 6.92 Å². The van der Waals surface area contributed by atoms with E-state index in [9.17, 15) is 4.79 Å². The van der Waals surface area contributed by atoms with Crippen LogP contribution in [0.25, 0.3) is 0 Å². The smallest absolute Gasteiger partial charge is 0.253 e. The Morgan fingerprint density at radius 2 is 2.33 bits per heavy atom. The Balaban J connectivity index is 1.78. The van der Waals surface area contributed by atoms with E-state index in [1.165, 1.54) is 11.1 Å². The maximum Gasteiger partial charge on any atom is 0.253 e. The van der Waals surface area contributed by atoms with E-state index < -0.39 is 0 Å². The molecule has 0 radical (unpaired) electrons. The molecule has 0 aromatic carbocycles. The van der Waals surface area contributed by atoms with Crippen LogP contribution in [0.4, 0.5) is 0 Å². The van der Waals surface area contributed by atoms with Gasteiger partial charge in [0.05, 0.1) is 5.56 Å². The van der Waals surface area contributed by atoms with Crippen molar-refractivity contribution in [3.8, 4) is 0 Å². The first kappa shape index (κ1) is 13.7. The number of carbonyl (C=O) groups is 1. The van der Waals surface area contributed by atoms with Gasteiger partial charge >= 0.3 is 0 Å². The second-order valence-corrected chi connectivity index (χ2v) is 5.18. The van der Waals surface area contributed by atoms with Crippen LogP contribution in [0.5, 0.6) is 0 Å². The summed E-state index contributed by atoms with van der Waals surface area (Å²) in [5.74, 6) is -0.103. The normalized spacial score (nSPS) is 13.6. The van der Waals surface area contributed by atoms with Crippen LogP contribution in [0.15, 0.2) is 30.7 Å². The highest BCUT2D eigenvalue weighted by Gasteiger charge is 2.16. The van der Waals surface area contributed by atoms with Gasteiger partial charge in [0.25, 0.3) is 5.91 Å². The minimum Gasteiger partial charge on any atom is -0.348 e. The predicted molar refractivity (Wildman–Crippen MR) is 79.8 cm³/mol. The van der Waals surface area contributed by atoms with Crippen molar-refractivity contribution in [1.29, 1.82) is 0 Å². The first-order chi connectivity index (χ1) is 10.3. The second kappa shape index (κ2) is 6.01. The minimum absolute atomic E-state index is 0.103. The van der Waals surface area contributed by atoms with Crippen molar-refractivity contribution in [3.05, 3.63) is 58.7 Å². The zero-order valence-corrected chi connectivity index (χ0v) is 12.0. The van der Waals surface area contributed by atoms with Crippen molar-refractivity contribution in [3.63, 3.8) is 0 Å². The monoisotopic (exact) mass is 282 g/mol. The van der Waals surface area contributed by atoms with Crippen LogP contribution in [0.1, 0.15) is 32.7 Å². The lowest BCUT2D eigenvalue weighted by Gasteiger charge is -2.21. The molecule has 21 heavy (non-hydrogen) atoms. The fourth-order valence-electron chi connectivity index (χ4n) is 2.65. The number of nitrogens with zero attached hydrogens (tertiary/aromatic N) is 2. The third-order valence-electron chi connectivity index (χ3n) is 3.82. The van der Waals surface area contributed by atoms with Crippen molar-refractivity contribution in [1.82, 2.24) is 20.6 Å². The molecule has 0 unspecified atom stereocenters. The summed E-state index contributed by atoms with van der Waals surface area (Å²) >= 11 is 0. The van der Waals surface area contributed by atoms with Crippen LogP contribution in [0.3, 0.4) is 0 Å². The number of nitrogens with one attached hydrogen (secondary N) is 2. The molecule has 0 fully saturated rings. The summed E-state index contributed by atoms with van der Waals surface area (Å²) in [5.41, 5.74) is 5.27. The molecule has 2 aromatic heterocycles. The highest BCUT2D eigenvalue weighted by molar-refractivity contribution is 5.93. The largest absolute Gasteiger partial charge is 0.348 e. The van der Waals surface area contributed by atoms with Crippen molar-refractivity contribution >= 4 is 5.91 Å². The third kappa shape index (κ3) is 2.92. The number of carbonyl (C=O) groups excluding carboxylic acids is 1. The summed E-state index contributed by atoms with van der Waals surface area (Å²) in [7, 11) is 0. The van der Waals surface area contributed by atoms with Crippen LogP contribution in [-0.4, -0.2) is 22.4 Å². The molecule has 3 heterocycles. The summed E-state index contributed by atoms with van der Waals surface area (Å²) in [4.78, 5) is 20.5. The Kier molecular flexibility index (Phi) is 3.92. The molecule has 1 aliphatic rings. The van der Waals surface area contributed by atoms with Gasteiger partial charge in [-0.3, -0.25) is 14.8 Å². The van der Waals surface area contributed by atoms with Crippen molar-refractivity contribution in [2.75, 3.05) is 6.54 Å². The van der Waals surface area contributed by atoms with Gasteiger partial charge in [-0.05, 0) is 48.7 Å². The lowest BCUT2D eigenvalue weighted by atomic mass is 9.96. The minimum atomic E-state index is -0.103. The van der Waals surface area contributed by atoms with E-state index >= 15 is 0 Å². The van der Waals surface area contributed by atoms with Crippen molar-refractivity contribution in [2.45, 2.75) is 26.4 Å². The topological polar surface area (TPSA) is 66.9 Å². The fraction of sp³-hybridized carbons (Fsp3) is 0.312. The van der Waals surface area contributed by atoms with Gasteiger partial charge in [0, 0.05) is 37.4 Å². The van der Waals surface area contributed by atoms with Gasteiger partial charge in [0.15, 0.2) is 0 Å². The number of aryl methyl sites for hydroxylation is 1. The first-order valence-electron chi connectivity index (χ1n) is 7.11. The molecule has 3 rings (SSSR count). The van der Waals surface area contributed by atoms with Crippen LogP contribution < -0.4 is 10.6 Å². The Morgan fingerprint density at radius 3 is 3.14 bits per heavy atom. The van der Waals surface area contributed by atoms with Gasteiger partial charge in [-0.25, -0.2) is 0 Å². The van der Waals surface area contributed by atoms with Gasteiger partial charge in [0.1, 0.15) is 0 Å². The summed E-state index contributed by atoms with van der Waals surface area (Å²) in [6.07, 6.45) is 6.15. The Labute approximate surface area is 123 Å². The average Bonchev–Trinajstić information content (AvgIpc) is 2.54. The molecule has 2 aromatic rings. The number of aromatic nitrogens is 2. The average molecular weight is 282 g/mol. The van der Waals surface area contributed by atoms with E-state index in [2.05, 4.69) is 20.6 Å². The first-order valence-corrected chi connectivity index (χ1v) is 7.11. The lowest BCUT2D eigenvalue weighted by molar-refractivity contribution is 0.0950. The Morgan fingerprint density at radius 1 is 1.43 bits per heavy atom. The molecular weight excluding hydrogens is 264 g/mol. The van der Waals surface area contributed by atoms with Crippen LogP contribution in [-0.2, 0) is 19.5 Å². The summed E-state index contributed by atoms with van der Waals surface area (Å²) in [6.45, 7) is 4.33. The molecule has 1 amide bonds. The number of hydrogen-bond acceptors (Lipinski definition) is 4. The molecule has 0 bridgehead atoms. The molecule has 5 heteroatoms. The van der Waals surface area contributed by atoms with Gasteiger partial charge in [-0.2, -0.15) is 0 Å². The van der Waals surface area contributed by atoms with E-state index in [-0.39, 0.29) is 5.91 Å². The van der Waals surface area contributed by atoms with E-state index in [0.29, 0.717) is 12.1 Å². The quantitative estimate of drug-likeness (QED) is 0.892. The summed E-state index contributed by atoms with van der Waals surface area (Å²) in [6, 6.07) is 3.52. The van der Waals surface area contributed by atoms with Crippen molar-refractivity contribution < 1.29 is 4.79 Å². The number of amides is 1. The number of hydrogen-bond donors (Lipinski definition) is 2. The molecular formula is C16H18N4O. The third-order valence-corrected chi connectivity index (χ3v) is 3.82. The molecule has 5 nitrogen and oxygen atoms in total. The van der Waals surface area contributed by atoms with E-state index in [1.54, 1.807) is 24.5 Å². The maximum absolute atomic E-state index is 12.1. The van der Waals surface area contributed by atoms with Gasteiger partial charge in [-0.15, -0.1) is 0 Å². The zero-order chi connectivity index (χ0) is 14.7. The molecule has 0 spiro atoms. The van der Waals surface area contributed by atoms with Crippen LogP contribution in [0.2, 0.25) is 0 Å². The Hall–Kier alpha value is -2.27. The molecule has 0 saturated carbocycles. The summed E-state index contributed by atoms with van der Waals surface area (Å²) < 4.78 is 0. The molecule has 0 aliphatic carbocycles. The van der Waals surface area contributed by atoms with Crippen LogP contribution >= 0.6 is 0 Å². The van der Waals surface area contributed by atoms with Gasteiger partial charge in [-0.1, -0.05) is 0 Å². The molecule has 1 aliphatic heterocycles. The highest BCUT2D eigenvalue weighted by atomic mass is 16.1. The number of pyridine rings is 2. The molecule has 108 valence electrons. The van der Waals surface area contributed by atoms with Crippen molar-refractivity contribution in [2.24, 2.45) is 0 Å². The van der Waals surface area contributed by atoms with E-state index in [4.69, 9.17) is 0 Å². The molecule has 2 N–H and O–H groups in total. The predicted octanol–water partition coefficient (Wildman–Crippen LogP) is 1.36. The SMILES string of the molecule is Cc1ncc2c(c1CNC(=O)c1cccnc1)CCNC2. The van der Waals surface area contributed by atoms with E-state index in [0.717, 1.165) is 30.8 Å². The lowest BCUT2D eigenvalue weighted by Crippen LogP contribution is -2.28. The fourth-order valence-corrected chi connectivity index (χ4v) is 2.65. The Bertz CT molecular complexity index is 655. The standard InChI is InChI=1S/C16H18N4O/c1-11-15(14-4-6-18-8-13(14)9-19-11)10-20-16(21)12-3-2-5-17-7-12/h2-3,5,7,9,18H,4,6,8,10H2,1H3,(H,20,21). The summed E-state index contributed by atoms with van der Waals surface area (Å²) in [5, 5.41) is 6.31. The number of fused-ring (bicyclic) bond motifs is 1. The highest BCUT2D eigenvalue weighted by Crippen LogP contribution is 2.20. The maximum atomic E-state index is 12.1. The zero-order valence-electron chi connectivity index (χ0n) is 12.0. The van der Waals surface area contributed by atoms with Gasteiger partial charge in [0.2, 0.25) is 0 Å². The molecule has 0 saturated heterocycles. The number of rotatable bonds is 3. The second-order valence-electron chi connectivity index (χ2n) is 5.18. The molecule has 0 atom stereocenters. The van der Waals surface area contributed by atoms with Gasteiger partial charge < -0.3 is 10.6 Å².